The van der Waals surface area contributed by atoms with Gasteiger partial charge in [-0.2, -0.15) is 0 Å². The molecule has 0 atom stereocenters. The SMILES string of the molecule is CO[Si](CCCN(Cc1ccccc1)C(C)(C)C)(OC)OC[SiH](C)C. The fourth-order valence-corrected chi connectivity index (χ4v) is 6.61. The second-order valence-corrected chi connectivity index (χ2v) is 14.1. The van der Waals surface area contributed by atoms with Crippen molar-refractivity contribution >= 4 is 17.6 Å². The highest BCUT2D eigenvalue weighted by atomic mass is 28.4. The van der Waals surface area contributed by atoms with Crippen molar-refractivity contribution in [2.45, 2.75) is 58.4 Å². The van der Waals surface area contributed by atoms with E-state index in [1.165, 1.54) is 5.56 Å². The Morgan fingerprint density at radius 1 is 1.04 bits per heavy atom. The number of benzene rings is 1. The van der Waals surface area contributed by atoms with Crippen molar-refractivity contribution in [3.05, 3.63) is 35.9 Å². The summed E-state index contributed by atoms with van der Waals surface area (Å²) in [7, 11) is 0.150. The molecule has 1 aromatic rings. The van der Waals surface area contributed by atoms with Crippen LogP contribution in [0.5, 0.6) is 0 Å². The molecular formula is C19H37NO3Si2. The van der Waals surface area contributed by atoms with Crippen LogP contribution in [0.4, 0.5) is 0 Å². The molecule has 0 aliphatic rings. The average molecular weight is 384 g/mol. The molecule has 0 saturated heterocycles. The van der Waals surface area contributed by atoms with Crippen LogP contribution in [0.3, 0.4) is 0 Å². The minimum atomic E-state index is -2.52. The minimum Gasteiger partial charge on any atom is -0.377 e. The lowest BCUT2D eigenvalue weighted by Gasteiger charge is -2.36. The Hall–Kier alpha value is -0.506. The van der Waals surface area contributed by atoms with Gasteiger partial charge in [-0.1, -0.05) is 43.4 Å². The molecule has 0 bridgehead atoms. The second-order valence-electron chi connectivity index (χ2n) is 7.98. The van der Waals surface area contributed by atoms with Gasteiger partial charge in [-0.05, 0) is 39.3 Å². The first-order chi connectivity index (χ1) is 11.7. The molecule has 0 N–H and O–H groups in total. The van der Waals surface area contributed by atoms with Crippen LogP contribution in [0, 0.1) is 0 Å². The summed E-state index contributed by atoms with van der Waals surface area (Å²) < 4.78 is 17.6. The molecule has 1 rings (SSSR count). The molecule has 0 saturated carbocycles. The number of hydrogen-bond acceptors (Lipinski definition) is 4. The zero-order valence-corrected chi connectivity index (χ0v) is 19.3. The molecule has 4 nitrogen and oxygen atoms in total. The molecule has 0 aromatic heterocycles. The van der Waals surface area contributed by atoms with E-state index in [1.807, 2.05) is 0 Å². The summed E-state index contributed by atoms with van der Waals surface area (Å²) >= 11 is 0. The predicted octanol–water partition coefficient (Wildman–Crippen LogP) is 3.95. The van der Waals surface area contributed by atoms with E-state index in [1.54, 1.807) is 14.2 Å². The molecule has 0 spiro atoms. The Morgan fingerprint density at radius 3 is 2.12 bits per heavy atom. The molecule has 0 radical (unpaired) electrons. The molecule has 0 heterocycles. The number of rotatable bonds is 11. The number of hydrogen-bond donors (Lipinski definition) is 0. The maximum Gasteiger partial charge on any atom is 0.500 e. The van der Waals surface area contributed by atoms with Crippen molar-refractivity contribution < 1.29 is 13.3 Å². The Labute approximate surface area is 157 Å². The Balaban J connectivity index is 2.65. The van der Waals surface area contributed by atoms with Crippen molar-refractivity contribution in [3.63, 3.8) is 0 Å². The maximum atomic E-state index is 6.11. The summed E-state index contributed by atoms with van der Waals surface area (Å²) in [5.41, 5.74) is 1.47. The third-order valence-corrected chi connectivity index (χ3v) is 8.32. The van der Waals surface area contributed by atoms with Crippen molar-refractivity contribution in [2.75, 3.05) is 27.0 Å². The van der Waals surface area contributed by atoms with E-state index in [-0.39, 0.29) is 5.54 Å². The molecule has 1 aromatic carbocycles. The average Bonchev–Trinajstić information content (AvgIpc) is 2.57. The lowest BCUT2D eigenvalue weighted by molar-refractivity contribution is 0.103. The normalized spacial score (nSPS) is 13.0. The van der Waals surface area contributed by atoms with Gasteiger partial charge in [0.2, 0.25) is 0 Å². The van der Waals surface area contributed by atoms with Crippen LogP contribution in [0.2, 0.25) is 19.1 Å². The van der Waals surface area contributed by atoms with Gasteiger partial charge in [0.25, 0.3) is 0 Å². The van der Waals surface area contributed by atoms with Crippen LogP contribution < -0.4 is 0 Å². The van der Waals surface area contributed by atoms with Crippen molar-refractivity contribution in [1.82, 2.24) is 4.90 Å². The van der Waals surface area contributed by atoms with Crippen LogP contribution in [0.1, 0.15) is 32.8 Å². The zero-order chi connectivity index (χ0) is 18.9. The summed E-state index contributed by atoms with van der Waals surface area (Å²) in [6.07, 6.45) is 1.83. The molecule has 0 aliphatic carbocycles. The van der Waals surface area contributed by atoms with Crippen LogP contribution in [-0.2, 0) is 19.8 Å². The largest absolute Gasteiger partial charge is 0.500 e. The van der Waals surface area contributed by atoms with E-state index >= 15 is 0 Å². The summed E-state index contributed by atoms with van der Waals surface area (Å²) in [5.74, 6) is 0. The first kappa shape index (κ1) is 22.5. The number of nitrogens with zero attached hydrogens (tertiary/aromatic N) is 1. The van der Waals surface area contributed by atoms with Crippen LogP contribution in [0.25, 0.3) is 0 Å². The molecule has 25 heavy (non-hydrogen) atoms. The molecule has 0 aliphatic heterocycles. The minimum absolute atomic E-state index is 0.117. The van der Waals surface area contributed by atoms with Gasteiger partial charge < -0.3 is 13.3 Å². The second kappa shape index (κ2) is 10.6. The molecule has 6 heteroatoms. The van der Waals surface area contributed by atoms with Gasteiger partial charge in [0.05, 0.1) is 8.80 Å². The van der Waals surface area contributed by atoms with Gasteiger partial charge in [-0.3, -0.25) is 4.90 Å². The third-order valence-electron chi connectivity index (χ3n) is 4.33. The maximum absolute atomic E-state index is 6.11. The standard InChI is InChI=1S/C19H37NO3Si2/c1-19(2,3)20(16-18-12-9-8-10-13-18)14-11-15-25(21-4,22-5)23-17-24(6)7/h8-10,12-13,24H,11,14-17H2,1-7H3. The van der Waals surface area contributed by atoms with Crippen LogP contribution >= 0.6 is 0 Å². The molecule has 0 fully saturated rings. The van der Waals surface area contributed by atoms with Gasteiger partial charge >= 0.3 is 8.80 Å². The topological polar surface area (TPSA) is 30.9 Å². The highest BCUT2D eigenvalue weighted by Gasteiger charge is 2.39. The Kier molecular flexibility index (Phi) is 9.55. The zero-order valence-electron chi connectivity index (χ0n) is 17.2. The first-order valence-corrected chi connectivity index (χ1v) is 14.3. The van der Waals surface area contributed by atoms with E-state index in [0.29, 0.717) is 0 Å². The lowest BCUT2D eigenvalue weighted by atomic mass is 10.0. The Morgan fingerprint density at radius 2 is 1.64 bits per heavy atom. The van der Waals surface area contributed by atoms with E-state index in [9.17, 15) is 0 Å². The van der Waals surface area contributed by atoms with Crippen molar-refractivity contribution in [3.8, 4) is 0 Å². The van der Waals surface area contributed by atoms with Crippen LogP contribution in [0.15, 0.2) is 30.3 Å². The molecule has 0 unspecified atom stereocenters. The smallest absolute Gasteiger partial charge is 0.377 e. The van der Waals surface area contributed by atoms with Crippen LogP contribution in [-0.4, -0.2) is 55.0 Å². The Bertz CT molecular complexity index is 473. The molecule has 144 valence electrons. The monoisotopic (exact) mass is 383 g/mol. The highest BCUT2D eigenvalue weighted by molar-refractivity contribution is 6.63. The molecule has 0 amide bonds. The lowest BCUT2D eigenvalue weighted by Crippen LogP contribution is -2.47. The van der Waals surface area contributed by atoms with Gasteiger partial charge in [-0.25, -0.2) is 0 Å². The van der Waals surface area contributed by atoms with Crippen molar-refractivity contribution in [1.29, 1.82) is 0 Å². The quantitative estimate of drug-likeness (QED) is 0.541. The van der Waals surface area contributed by atoms with E-state index in [2.05, 4.69) is 69.1 Å². The summed E-state index contributed by atoms with van der Waals surface area (Å²) in [4.78, 5) is 2.52. The highest BCUT2D eigenvalue weighted by Crippen LogP contribution is 2.21. The molecular weight excluding hydrogens is 346 g/mol. The van der Waals surface area contributed by atoms with Gasteiger partial charge in [0, 0.05) is 38.6 Å². The van der Waals surface area contributed by atoms with Crippen molar-refractivity contribution in [2.24, 2.45) is 0 Å². The van der Waals surface area contributed by atoms with Gasteiger partial charge in [0.1, 0.15) is 0 Å². The van der Waals surface area contributed by atoms with E-state index in [0.717, 1.165) is 31.8 Å². The summed E-state index contributed by atoms with van der Waals surface area (Å²) in [6.45, 7) is 13.3. The van der Waals surface area contributed by atoms with Gasteiger partial charge in [0.15, 0.2) is 0 Å². The first-order valence-electron chi connectivity index (χ1n) is 9.25. The fourth-order valence-electron chi connectivity index (χ4n) is 2.71. The fraction of sp³-hybridized carbons (Fsp3) is 0.684. The predicted molar refractivity (Wildman–Crippen MR) is 111 cm³/mol. The summed E-state index contributed by atoms with van der Waals surface area (Å²) in [6, 6.07) is 11.5. The van der Waals surface area contributed by atoms with E-state index in [4.69, 9.17) is 13.3 Å². The third kappa shape index (κ3) is 8.15. The summed E-state index contributed by atoms with van der Waals surface area (Å²) in [5, 5.41) is 0. The van der Waals surface area contributed by atoms with Gasteiger partial charge in [-0.15, -0.1) is 0 Å². The van der Waals surface area contributed by atoms with E-state index < -0.39 is 17.6 Å².